The molecule has 0 aliphatic heterocycles. The third-order valence-corrected chi connectivity index (χ3v) is 1.93. The highest BCUT2D eigenvalue weighted by Crippen LogP contribution is 2.23. The molecule has 1 aromatic rings. The molecule has 0 fully saturated rings. The maximum Gasteiger partial charge on any atom is 0.256 e. The van der Waals surface area contributed by atoms with Gasteiger partial charge in [-0.25, -0.2) is 0 Å². The predicted octanol–water partition coefficient (Wildman–Crippen LogP) is 1.73. The smallest absolute Gasteiger partial charge is 0.256 e. The standard InChI is InChI=1S/C10H16N2O2/c1-4-12-10(13)7-5-8(6(2)3)14-9(7)11/h5-6H,4,11H2,1-3H3,(H,12,13). The number of nitrogens with one attached hydrogen (secondary N) is 1. The fourth-order valence-corrected chi connectivity index (χ4v) is 1.14. The summed E-state index contributed by atoms with van der Waals surface area (Å²) in [5, 5.41) is 2.68. The number of carbonyl (C=O) groups is 1. The van der Waals surface area contributed by atoms with Crippen molar-refractivity contribution in [3.63, 3.8) is 0 Å². The summed E-state index contributed by atoms with van der Waals surface area (Å²) in [6, 6.07) is 1.70. The lowest BCUT2D eigenvalue weighted by atomic mass is 10.1. The second-order valence-corrected chi connectivity index (χ2v) is 3.44. The predicted molar refractivity (Wildman–Crippen MR) is 55.2 cm³/mol. The van der Waals surface area contributed by atoms with Crippen LogP contribution in [0.4, 0.5) is 5.88 Å². The summed E-state index contributed by atoms with van der Waals surface area (Å²) in [7, 11) is 0. The van der Waals surface area contributed by atoms with E-state index < -0.39 is 0 Å². The highest BCUT2D eigenvalue weighted by Gasteiger charge is 2.16. The summed E-state index contributed by atoms with van der Waals surface area (Å²) in [5.41, 5.74) is 6.01. The summed E-state index contributed by atoms with van der Waals surface area (Å²) < 4.78 is 5.26. The summed E-state index contributed by atoms with van der Waals surface area (Å²) in [6.07, 6.45) is 0. The maximum absolute atomic E-state index is 11.5. The Morgan fingerprint density at radius 1 is 1.64 bits per heavy atom. The zero-order valence-electron chi connectivity index (χ0n) is 8.76. The molecule has 0 aliphatic rings. The lowest BCUT2D eigenvalue weighted by Crippen LogP contribution is -2.22. The summed E-state index contributed by atoms with van der Waals surface area (Å²) in [4.78, 5) is 11.5. The molecule has 4 heteroatoms. The number of hydrogen-bond acceptors (Lipinski definition) is 3. The van der Waals surface area contributed by atoms with Gasteiger partial charge in [0.1, 0.15) is 11.3 Å². The molecule has 0 spiro atoms. The van der Waals surface area contributed by atoms with Gasteiger partial charge in [-0.3, -0.25) is 4.79 Å². The van der Waals surface area contributed by atoms with Crippen molar-refractivity contribution < 1.29 is 9.21 Å². The zero-order valence-corrected chi connectivity index (χ0v) is 8.76. The van der Waals surface area contributed by atoms with Crippen molar-refractivity contribution in [1.29, 1.82) is 0 Å². The molecule has 1 rings (SSSR count). The molecular formula is C10H16N2O2. The number of amides is 1. The van der Waals surface area contributed by atoms with Gasteiger partial charge in [-0.15, -0.1) is 0 Å². The third kappa shape index (κ3) is 2.07. The largest absolute Gasteiger partial charge is 0.445 e. The first-order valence-electron chi connectivity index (χ1n) is 4.73. The topological polar surface area (TPSA) is 68.3 Å². The average Bonchev–Trinajstić information content (AvgIpc) is 2.48. The van der Waals surface area contributed by atoms with E-state index in [-0.39, 0.29) is 17.7 Å². The fraction of sp³-hybridized carbons (Fsp3) is 0.500. The van der Waals surface area contributed by atoms with E-state index in [1.54, 1.807) is 6.07 Å². The molecule has 1 heterocycles. The first-order valence-corrected chi connectivity index (χ1v) is 4.73. The average molecular weight is 196 g/mol. The molecule has 0 saturated carbocycles. The van der Waals surface area contributed by atoms with E-state index in [2.05, 4.69) is 5.32 Å². The van der Waals surface area contributed by atoms with Gasteiger partial charge in [-0.2, -0.15) is 0 Å². The van der Waals surface area contributed by atoms with E-state index in [4.69, 9.17) is 10.2 Å². The molecule has 0 aromatic carbocycles. The number of hydrogen-bond donors (Lipinski definition) is 2. The maximum atomic E-state index is 11.5. The zero-order chi connectivity index (χ0) is 10.7. The van der Waals surface area contributed by atoms with Crippen molar-refractivity contribution >= 4 is 11.8 Å². The van der Waals surface area contributed by atoms with Crippen molar-refractivity contribution in [3.8, 4) is 0 Å². The highest BCUT2D eigenvalue weighted by molar-refractivity contribution is 5.98. The molecule has 0 saturated heterocycles. The van der Waals surface area contributed by atoms with E-state index in [0.29, 0.717) is 12.1 Å². The quantitative estimate of drug-likeness (QED) is 0.773. The second-order valence-electron chi connectivity index (χ2n) is 3.44. The van der Waals surface area contributed by atoms with Crippen LogP contribution in [0.25, 0.3) is 0 Å². The van der Waals surface area contributed by atoms with Crippen LogP contribution in [0.2, 0.25) is 0 Å². The first-order chi connectivity index (χ1) is 6.56. The van der Waals surface area contributed by atoms with Gasteiger partial charge >= 0.3 is 0 Å². The molecule has 1 amide bonds. The van der Waals surface area contributed by atoms with Crippen LogP contribution in [-0.2, 0) is 0 Å². The van der Waals surface area contributed by atoms with Gasteiger partial charge in [0.05, 0.1) is 0 Å². The van der Waals surface area contributed by atoms with Crippen LogP contribution in [-0.4, -0.2) is 12.5 Å². The van der Waals surface area contributed by atoms with Crippen LogP contribution in [0.15, 0.2) is 10.5 Å². The third-order valence-electron chi connectivity index (χ3n) is 1.93. The fourth-order valence-electron chi connectivity index (χ4n) is 1.14. The minimum absolute atomic E-state index is 0.180. The van der Waals surface area contributed by atoms with Gasteiger partial charge in [0.25, 0.3) is 5.91 Å². The summed E-state index contributed by atoms with van der Waals surface area (Å²) in [6.45, 7) is 6.41. The number of rotatable bonds is 3. The van der Waals surface area contributed by atoms with E-state index in [1.165, 1.54) is 0 Å². The van der Waals surface area contributed by atoms with E-state index in [1.807, 2.05) is 20.8 Å². The van der Waals surface area contributed by atoms with Crippen molar-refractivity contribution in [3.05, 3.63) is 17.4 Å². The van der Waals surface area contributed by atoms with Crippen LogP contribution in [0.1, 0.15) is 42.8 Å². The SMILES string of the molecule is CCNC(=O)c1cc(C(C)C)oc1N. The molecule has 0 radical (unpaired) electrons. The normalized spacial score (nSPS) is 10.6. The Hall–Kier alpha value is -1.45. The van der Waals surface area contributed by atoms with Gasteiger partial charge < -0.3 is 15.5 Å². The number of carbonyl (C=O) groups excluding carboxylic acids is 1. The number of nitrogen functional groups attached to an aromatic ring is 1. The summed E-state index contributed by atoms with van der Waals surface area (Å²) >= 11 is 0. The molecule has 1 aromatic heterocycles. The Bertz CT molecular complexity index is 329. The molecule has 0 bridgehead atoms. The lowest BCUT2D eigenvalue weighted by Gasteiger charge is -1.97. The Labute approximate surface area is 83.5 Å². The van der Waals surface area contributed by atoms with Crippen LogP contribution in [0.5, 0.6) is 0 Å². The monoisotopic (exact) mass is 196 g/mol. The van der Waals surface area contributed by atoms with E-state index >= 15 is 0 Å². The van der Waals surface area contributed by atoms with Gasteiger partial charge in [0.2, 0.25) is 5.88 Å². The Balaban J connectivity index is 2.92. The van der Waals surface area contributed by atoms with E-state index in [9.17, 15) is 4.79 Å². The van der Waals surface area contributed by atoms with Crippen molar-refractivity contribution in [2.45, 2.75) is 26.7 Å². The molecule has 0 atom stereocenters. The Kier molecular flexibility index (Phi) is 3.17. The van der Waals surface area contributed by atoms with E-state index in [0.717, 1.165) is 5.76 Å². The Morgan fingerprint density at radius 3 is 2.71 bits per heavy atom. The lowest BCUT2D eigenvalue weighted by molar-refractivity contribution is 0.0956. The minimum atomic E-state index is -0.180. The van der Waals surface area contributed by atoms with Crippen molar-refractivity contribution in [2.75, 3.05) is 12.3 Å². The molecule has 78 valence electrons. The van der Waals surface area contributed by atoms with Gasteiger partial charge in [0, 0.05) is 12.5 Å². The van der Waals surface area contributed by atoms with Gasteiger partial charge in [-0.05, 0) is 13.0 Å². The first kappa shape index (κ1) is 10.6. The number of nitrogens with two attached hydrogens (primary N) is 1. The highest BCUT2D eigenvalue weighted by atomic mass is 16.4. The molecule has 14 heavy (non-hydrogen) atoms. The van der Waals surface area contributed by atoms with Crippen molar-refractivity contribution in [2.24, 2.45) is 0 Å². The summed E-state index contributed by atoms with van der Waals surface area (Å²) in [5.74, 6) is 0.990. The second kappa shape index (κ2) is 4.17. The van der Waals surface area contributed by atoms with Crippen LogP contribution >= 0.6 is 0 Å². The van der Waals surface area contributed by atoms with Gasteiger partial charge in [0.15, 0.2) is 0 Å². The van der Waals surface area contributed by atoms with Crippen molar-refractivity contribution in [1.82, 2.24) is 5.32 Å². The Morgan fingerprint density at radius 2 is 2.29 bits per heavy atom. The molecular weight excluding hydrogens is 180 g/mol. The van der Waals surface area contributed by atoms with Crippen LogP contribution < -0.4 is 11.1 Å². The number of anilines is 1. The molecule has 3 N–H and O–H groups in total. The molecule has 4 nitrogen and oxygen atoms in total. The minimum Gasteiger partial charge on any atom is -0.445 e. The van der Waals surface area contributed by atoms with Gasteiger partial charge in [-0.1, -0.05) is 13.8 Å². The number of furan rings is 1. The van der Waals surface area contributed by atoms with Crippen LogP contribution in [0, 0.1) is 0 Å². The van der Waals surface area contributed by atoms with Crippen LogP contribution in [0.3, 0.4) is 0 Å². The molecule has 0 unspecified atom stereocenters. The molecule has 0 aliphatic carbocycles.